The highest BCUT2D eigenvalue weighted by atomic mass is 16.3. The van der Waals surface area contributed by atoms with E-state index in [0.717, 1.165) is 23.1 Å². The predicted molar refractivity (Wildman–Crippen MR) is 54.4 cm³/mol. The summed E-state index contributed by atoms with van der Waals surface area (Å²) in [6, 6.07) is 7.87. The molecule has 0 saturated heterocycles. The highest BCUT2D eigenvalue weighted by molar-refractivity contribution is 5.29. The van der Waals surface area contributed by atoms with Crippen LogP contribution in [0.3, 0.4) is 0 Å². The maximum absolute atomic E-state index is 9.06. The molecule has 0 amide bonds. The quantitative estimate of drug-likeness (QED) is 0.698. The van der Waals surface area contributed by atoms with Gasteiger partial charge in [-0.3, -0.25) is 0 Å². The molecule has 0 saturated carbocycles. The van der Waals surface area contributed by atoms with E-state index in [4.69, 9.17) is 5.11 Å². The molecule has 1 aromatic carbocycles. The Morgan fingerprint density at radius 1 is 1.38 bits per heavy atom. The van der Waals surface area contributed by atoms with Gasteiger partial charge in [0.25, 0.3) is 0 Å². The SMILES string of the molecule is C=C=C(C)Cc1ccccc1CO. The Morgan fingerprint density at radius 3 is 2.54 bits per heavy atom. The molecule has 0 atom stereocenters. The molecule has 1 nitrogen and oxygen atoms in total. The average Bonchev–Trinajstić information content (AvgIpc) is 2.18. The van der Waals surface area contributed by atoms with Gasteiger partial charge in [0, 0.05) is 6.42 Å². The van der Waals surface area contributed by atoms with Crippen molar-refractivity contribution < 1.29 is 5.11 Å². The Labute approximate surface area is 79.0 Å². The zero-order valence-corrected chi connectivity index (χ0v) is 7.88. The fraction of sp³-hybridized carbons (Fsp3) is 0.250. The number of rotatable bonds is 3. The summed E-state index contributed by atoms with van der Waals surface area (Å²) in [6.07, 6.45) is 0.820. The number of allylic oxidation sites excluding steroid dienone is 1. The lowest BCUT2D eigenvalue weighted by atomic mass is 10.0. The Hall–Kier alpha value is -1.30. The molecule has 0 bridgehead atoms. The molecule has 1 heteroatoms. The minimum atomic E-state index is 0.0978. The summed E-state index contributed by atoms with van der Waals surface area (Å²) in [7, 11) is 0. The summed E-state index contributed by atoms with van der Waals surface area (Å²) in [5.41, 5.74) is 6.08. The van der Waals surface area contributed by atoms with Gasteiger partial charge in [-0.15, -0.1) is 5.73 Å². The zero-order chi connectivity index (χ0) is 9.68. The molecular formula is C12H14O. The van der Waals surface area contributed by atoms with Crippen LogP contribution in [-0.2, 0) is 13.0 Å². The normalized spacial score (nSPS) is 9.38. The molecule has 0 aliphatic heterocycles. The molecule has 0 spiro atoms. The van der Waals surface area contributed by atoms with Crippen LogP contribution < -0.4 is 0 Å². The molecule has 0 aliphatic rings. The summed E-state index contributed by atoms with van der Waals surface area (Å²) in [4.78, 5) is 0. The van der Waals surface area contributed by atoms with Gasteiger partial charge >= 0.3 is 0 Å². The van der Waals surface area contributed by atoms with Crippen molar-refractivity contribution in [2.24, 2.45) is 0 Å². The Bertz CT molecular complexity index is 333. The van der Waals surface area contributed by atoms with Gasteiger partial charge in [0.15, 0.2) is 0 Å². The van der Waals surface area contributed by atoms with E-state index >= 15 is 0 Å². The fourth-order valence-electron chi connectivity index (χ4n) is 1.23. The number of hydrogen-bond acceptors (Lipinski definition) is 1. The molecule has 1 rings (SSSR count). The van der Waals surface area contributed by atoms with Crippen molar-refractivity contribution in [1.29, 1.82) is 0 Å². The third-order valence-corrected chi connectivity index (χ3v) is 2.05. The summed E-state index contributed by atoms with van der Waals surface area (Å²) in [6.45, 7) is 5.67. The van der Waals surface area contributed by atoms with Gasteiger partial charge in [0.05, 0.1) is 6.61 Å². The van der Waals surface area contributed by atoms with Gasteiger partial charge in [0.2, 0.25) is 0 Å². The lowest BCUT2D eigenvalue weighted by Crippen LogP contribution is -1.93. The number of aliphatic hydroxyl groups excluding tert-OH is 1. The highest BCUT2D eigenvalue weighted by Gasteiger charge is 2.00. The lowest BCUT2D eigenvalue weighted by molar-refractivity contribution is 0.281. The molecule has 0 radical (unpaired) electrons. The molecule has 68 valence electrons. The van der Waals surface area contributed by atoms with Crippen molar-refractivity contribution in [1.82, 2.24) is 0 Å². The van der Waals surface area contributed by atoms with Gasteiger partial charge in [0.1, 0.15) is 0 Å². The van der Waals surface area contributed by atoms with Gasteiger partial charge in [-0.05, 0) is 23.6 Å². The van der Waals surface area contributed by atoms with Crippen LogP contribution in [0.1, 0.15) is 18.1 Å². The van der Waals surface area contributed by atoms with E-state index in [0.29, 0.717) is 0 Å². The topological polar surface area (TPSA) is 20.2 Å². The Kier molecular flexibility index (Phi) is 3.51. The standard InChI is InChI=1S/C12H14O/c1-3-10(2)8-11-6-4-5-7-12(11)9-13/h4-7,13H,1,8-9H2,2H3. The van der Waals surface area contributed by atoms with E-state index in [1.54, 1.807) is 0 Å². The summed E-state index contributed by atoms with van der Waals surface area (Å²) >= 11 is 0. The van der Waals surface area contributed by atoms with Crippen LogP contribution in [0.15, 0.2) is 42.1 Å². The highest BCUT2D eigenvalue weighted by Crippen LogP contribution is 2.12. The van der Waals surface area contributed by atoms with E-state index in [1.807, 2.05) is 31.2 Å². The second-order valence-electron chi connectivity index (χ2n) is 3.06. The van der Waals surface area contributed by atoms with Crippen molar-refractivity contribution >= 4 is 0 Å². The van der Waals surface area contributed by atoms with Crippen LogP contribution in [-0.4, -0.2) is 5.11 Å². The number of aliphatic hydroxyl groups is 1. The van der Waals surface area contributed by atoms with Crippen LogP contribution in [0, 0.1) is 0 Å². The lowest BCUT2D eigenvalue weighted by Gasteiger charge is -2.05. The third-order valence-electron chi connectivity index (χ3n) is 2.05. The first-order valence-electron chi connectivity index (χ1n) is 4.31. The minimum Gasteiger partial charge on any atom is -0.392 e. The fourth-order valence-corrected chi connectivity index (χ4v) is 1.23. The average molecular weight is 174 g/mol. The van der Waals surface area contributed by atoms with Crippen LogP contribution in [0.2, 0.25) is 0 Å². The van der Waals surface area contributed by atoms with Crippen molar-refractivity contribution in [2.75, 3.05) is 0 Å². The first-order chi connectivity index (χ1) is 6.27. The van der Waals surface area contributed by atoms with Crippen molar-refractivity contribution in [2.45, 2.75) is 20.0 Å². The molecule has 1 N–H and O–H groups in total. The number of benzene rings is 1. The van der Waals surface area contributed by atoms with Crippen LogP contribution in [0.5, 0.6) is 0 Å². The van der Waals surface area contributed by atoms with E-state index in [9.17, 15) is 0 Å². The summed E-state index contributed by atoms with van der Waals surface area (Å²) in [5.74, 6) is 0. The maximum Gasteiger partial charge on any atom is 0.0684 e. The monoisotopic (exact) mass is 174 g/mol. The molecular weight excluding hydrogens is 160 g/mol. The second kappa shape index (κ2) is 4.66. The van der Waals surface area contributed by atoms with Crippen molar-refractivity contribution in [3.63, 3.8) is 0 Å². The van der Waals surface area contributed by atoms with Gasteiger partial charge in [-0.2, -0.15) is 0 Å². The first-order valence-corrected chi connectivity index (χ1v) is 4.31. The summed E-state index contributed by atoms with van der Waals surface area (Å²) < 4.78 is 0. The summed E-state index contributed by atoms with van der Waals surface area (Å²) in [5, 5.41) is 9.06. The van der Waals surface area contributed by atoms with E-state index in [1.165, 1.54) is 0 Å². The van der Waals surface area contributed by atoms with E-state index in [2.05, 4.69) is 12.3 Å². The third kappa shape index (κ3) is 2.59. The van der Waals surface area contributed by atoms with Crippen LogP contribution >= 0.6 is 0 Å². The van der Waals surface area contributed by atoms with Crippen LogP contribution in [0.4, 0.5) is 0 Å². The van der Waals surface area contributed by atoms with Gasteiger partial charge in [-0.1, -0.05) is 30.8 Å². The molecule has 0 unspecified atom stereocenters. The molecule has 0 fully saturated rings. The smallest absolute Gasteiger partial charge is 0.0684 e. The minimum absolute atomic E-state index is 0.0978. The number of hydrogen-bond donors (Lipinski definition) is 1. The van der Waals surface area contributed by atoms with Crippen molar-refractivity contribution in [3.05, 3.63) is 53.3 Å². The molecule has 0 aliphatic carbocycles. The Morgan fingerprint density at radius 2 is 2.00 bits per heavy atom. The first kappa shape index (κ1) is 9.79. The second-order valence-corrected chi connectivity index (χ2v) is 3.06. The molecule has 0 aromatic heterocycles. The van der Waals surface area contributed by atoms with E-state index < -0.39 is 0 Å². The molecule has 0 heterocycles. The van der Waals surface area contributed by atoms with E-state index in [-0.39, 0.29) is 6.61 Å². The van der Waals surface area contributed by atoms with Gasteiger partial charge in [-0.25, -0.2) is 0 Å². The largest absolute Gasteiger partial charge is 0.392 e. The molecule has 1 aromatic rings. The molecule has 13 heavy (non-hydrogen) atoms. The predicted octanol–water partition coefficient (Wildman–Crippen LogP) is 2.45. The Balaban J connectivity index is 2.93. The zero-order valence-electron chi connectivity index (χ0n) is 7.88. The maximum atomic E-state index is 9.06. The van der Waals surface area contributed by atoms with Gasteiger partial charge < -0.3 is 5.11 Å². The van der Waals surface area contributed by atoms with Crippen molar-refractivity contribution in [3.8, 4) is 0 Å². The van der Waals surface area contributed by atoms with Crippen LogP contribution in [0.25, 0.3) is 0 Å².